The van der Waals surface area contributed by atoms with E-state index in [1.807, 2.05) is 12.1 Å². The van der Waals surface area contributed by atoms with Crippen molar-refractivity contribution in [3.63, 3.8) is 0 Å². The Morgan fingerprint density at radius 1 is 1.35 bits per heavy atom. The second kappa shape index (κ2) is 5.77. The Balaban J connectivity index is 1.69. The molecule has 5 heteroatoms. The van der Waals surface area contributed by atoms with E-state index in [-0.39, 0.29) is 5.75 Å². The molecule has 122 valence electrons. The average Bonchev–Trinajstić information content (AvgIpc) is 2.94. The predicted octanol–water partition coefficient (Wildman–Crippen LogP) is 3.43. The number of benzene rings is 1. The summed E-state index contributed by atoms with van der Waals surface area (Å²) in [4.78, 5) is 2.44. The zero-order valence-corrected chi connectivity index (χ0v) is 13.9. The maximum absolute atomic E-state index is 10.1. The van der Waals surface area contributed by atoms with Crippen LogP contribution < -0.4 is 4.74 Å². The van der Waals surface area contributed by atoms with Crippen LogP contribution in [0.3, 0.4) is 0 Å². The molecule has 0 saturated heterocycles. The first-order valence-electron chi connectivity index (χ1n) is 8.00. The molecule has 0 saturated carbocycles. The van der Waals surface area contributed by atoms with Gasteiger partial charge >= 0.3 is 0 Å². The van der Waals surface area contributed by atoms with Crippen molar-refractivity contribution < 1.29 is 14.3 Å². The third-order valence-electron chi connectivity index (χ3n) is 4.96. The van der Waals surface area contributed by atoms with E-state index >= 15 is 0 Å². The van der Waals surface area contributed by atoms with Gasteiger partial charge in [0.15, 0.2) is 11.5 Å². The van der Waals surface area contributed by atoms with Gasteiger partial charge in [0.25, 0.3) is 0 Å². The molecule has 1 aromatic heterocycles. The number of hydrogen-bond acceptors (Lipinski definition) is 4. The second-order valence-corrected chi connectivity index (χ2v) is 6.64. The zero-order valence-electron chi connectivity index (χ0n) is 13.1. The van der Waals surface area contributed by atoms with Gasteiger partial charge in [-0.3, -0.25) is 4.90 Å². The van der Waals surface area contributed by atoms with Crippen LogP contribution in [0.1, 0.15) is 34.3 Å². The molecule has 23 heavy (non-hydrogen) atoms. The van der Waals surface area contributed by atoms with E-state index in [0.29, 0.717) is 17.7 Å². The minimum atomic E-state index is 0.217. The number of ether oxygens (including phenoxy) is 1. The second-order valence-electron chi connectivity index (χ2n) is 6.26. The van der Waals surface area contributed by atoms with Crippen molar-refractivity contribution in [1.29, 1.82) is 0 Å². The third kappa shape index (κ3) is 2.50. The van der Waals surface area contributed by atoms with Crippen LogP contribution in [0, 0.1) is 0 Å². The standard InChI is InChI=1S/C18H20ClNO3/c1-22-17-8-11-3-5-20-10-18-12(6-13(23-18)2-4-19)7-15(20)14(11)9-16(17)21/h6,8-9,15,21H,2-5,7,10H2,1H3/t15-/m0/s1. The van der Waals surface area contributed by atoms with Crippen LogP contribution in [0.4, 0.5) is 0 Å². The van der Waals surface area contributed by atoms with Gasteiger partial charge in [-0.15, -0.1) is 11.6 Å². The van der Waals surface area contributed by atoms with Gasteiger partial charge in [-0.1, -0.05) is 0 Å². The van der Waals surface area contributed by atoms with E-state index in [1.54, 1.807) is 7.11 Å². The molecule has 4 rings (SSSR count). The summed E-state index contributed by atoms with van der Waals surface area (Å²) in [7, 11) is 1.59. The van der Waals surface area contributed by atoms with E-state index in [0.717, 1.165) is 43.9 Å². The average molecular weight is 334 g/mol. The number of rotatable bonds is 3. The fourth-order valence-corrected chi connectivity index (χ4v) is 3.99. The number of furan rings is 1. The largest absolute Gasteiger partial charge is 0.504 e. The number of fused-ring (bicyclic) bond motifs is 4. The van der Waals surface area contributed by atoms with Gasteiger partial charge in [0.1, 0.15) is 11.5 Å². The molecule has 4 nitrogen and oxygen atoms in total. The van der Waals surface area contributed by atoms with Crippen LogP contribution in [-0.2, 0) is 25.8 Å². The number of aromatic hydroxyl groups is 1. The molecule has 2 aliphatic heterocycles. The van der Waals surface area contributed by atoms with Gasteiger partial charge < -0.3 is 14.3 Å². The van der Waals surface area contributed by atoms with Gasteiger partial charge in [0.2, 0.25) is 0 Å². The number of methoxy groups -OCH3 is 1. The number of alkyl halides is 1. The lowest BCUT2D eigenvalue weighted by atomic mass is 9.86. The van der Waals surface area contributed by atoms with Gasteiger partial charge in [-0.2, -0.15) is 0 Å². The van der Waals surface area contributed by atoms with Crippen molar-refractivity contribution >= 4 is 11.6 Å². The van der Waals surface area contributed by atoms with Crippen molar-refractivity contribution in [2.45, 2.75) is 31.8 Å². The van der Waals surface area contributed by atoms with Crippen molar-refractivity contribution in [2.24, 2.45) is 0 Å². The van der Waals surface area contributed by atoms with E-state index < -0.39 is 0 Å². The van der Waals surface area contributed by atoms with Crippen molar-refractivity contribution in [3.05, 3.63) is 46.4 Å². The highest BCUT2D eigenvalue weighted by Crippen LogP contribution is 2.42. The molecule has 1 atom stereocenters. The number of phenolic OH excluding ortho intramolecular Hbond substituents is 1. The third-order valence-corrected chi connectivity index (χ3v) is 5.15. The summed E-state index contributed by atoms with van der Waals surface area (Å²) in [6.45, 7) is 1.82. The topological polar surface area (TPSA) is 45.8 Å². The summed E-state index contributed by atoms with van der Waals surface area (Å²) in [5, 5.41) is 10.1. The normalized spacial score (nSPS) is 19.8. The minimum absolute atomic E-state index is 0.217. The van der Waals surface area contributed by atoms with Crippen LogP contribution in [-0.4, -0.2) is 29.5 Å². The Morgan fingerprint density at radius 3 is 3.00 bits per heavy atom. The van der Waals surface area contributed by atoms with Gasteiger partial charge in [-0.25, -0.2) is 0 Å². The zero-order chi connectivity index (χ0) is 16.0. The molecule has 1 aromatic carbocycles. The number of halogens is 1. The van der Waals surface area contributed by atoms with Crippen LogP contribution in [0.25, 0.3) is 0 Å². The van der Waals surface area contributed by atoms with Crippen LogP contribution in [0.2, 0.25) is 0 Å². The Labute approximate surface area is 140 Å². The summed E-state index contributed by atoms with van der Waals surface area (Å²) in [6.07, 6.45) is 2.65. The molecule has 0 radical (unpaired) electrons. The maximum atomic E-state index is 10.1. The monoisotopic (exact) mass is 333 g/mol. The van der Waals surface area contributed by atoms with Crippen molar-refractivity contribution in [3.8, 4) is 11.5 Å². The van der Waals surface area contributed by atoms with Gasteiger partial charge in [-0.05, 0) is 47.7 Å². The molecule has 2 aromatic rings. The molecule has 1 N–H and O–H groups in total. The van der Waals surface area contributed by atoms with Crippen molar-refractivity contribution in [1.82, 2.24) is 4.90 Å². The molecule has 2 aliphatic rings. The summed E-state index contributed by atoms with van der Waals surface area (Å²) in [6, 6.07) is 6.29. The first-order chi connectivity index (χ1) is 11.2. The van der Waals surface area contributed by atoms with Crippen molar-refractivity contribution in [2.75, 3.05) is 19.5 Å². The first-order valence-corrected chi connectivity index (χ1v) is 8.53. The lowest BCUT2D eigenvalue weighted by Gasteiger charge is -2.40. The van der Waals surface area contributed by atoms with Crippen LogP contribution >= 0.6 is 11.6 Å². The minimum Gasteiger partial charge on any atom is -0.504 e. The summed E-state index contributed by atoms with van der Waals surface area (Å²) in [5.41, 5.74) is 3.75. The van der Waals surface area contributed by atoms with E-state index in [9.17, 15) is 5.11 Å². The molecule has 3 heterocycles. The van der Waals surface area contributed by atoms with E-state index in [4.69, 9.17) is 20.8 Å². The van der Waals surface area contributed by atoms with Gasteiger partial charge in [0, 0.05) is 24.9 Å². The highest BCUT2D eigenvalue weighted by atomic mass is 35.5. The Bertz CT molecular complexity index is 740. The molecule has 0 fully saturated rings. The fraction of sp³-hybridized carbons (Fsp3) is 0.444. The predicted molar refractivity (Wildman–Crippen MR) is 88.3 cm³/mol. The molecule has 0 bridgehead atoms. The highest BCUT2D eigenvalue weighted by molar-refractivity contribution is 6.17. The van der Waals surface area contributed by atoms with Gasteiger partial charge in [0.05, 0.1) is 13.7 Å². The molecule has 0 amide bonds. The lowest BCUT2D eigenvalue weighted by Crippen LogP contribution is -2.38. The fourth-order valence-electron chi connectivity index (χ4n) is 3.81. The highest BCUT2D eigenvalue weighted by Gasteiger charge is 2.34. The molecule has 0 aliphatic carbocycles. The number of aryl methyl sites for hydroxylation is 1. The first kappa shape index (κ1) is 14.9. The number of hydrogen-bond donors (Lipinski definition) is 1. The molecule has 0 spiro atoms. The van der Waals surface area contributed by atoms with Crippen LogP contribution in [0.15, 0.2) is 22.6 Å². The van der Waals surface area contributed by atoms with Crippen LogP contribution in [0.5, 0.6) is 11.5 Å². The molecule has 0 unspecified atom stereocenters. The molecular weight excluding hydrogens is 314 g/mol. The lowest BCUT2D eigenvalue weighted by molar-refractivity contribution is 0.144. The SMILES string of the molecule is COc1cc2c(cc1O)[C@@H]1Cc3cc(CCCl)oc3CN1CC2. The molecular formula is C18H20ClNO3. The smallest absolute Gasteiger partial charge is 0.160 e. The number of nitrogens with zero attached hydrogens (tertiary/aromatic N) is 1. The summed E-state index contributed by atoms with van der Waals surface area (Å²) < 4.78 is 11.2. The summed E-state index contributed by atoms with van der Waals surface area (Å²) >= 11 is 5.82. The summed E-state index contributed by atoms with van der Waals surface area (Å²) in [5.74, 6) is 3.40. The number of phenols is 1. The Hall–Kier alpha value is -1.65. The van der Waals surface area contributed by atoms with E-state index in [2.05, 4.69) is 11.0 Å². The maximum Gasteiger partial charge on any atom is 0.160 e. The Morgan fingerprint density at radius 2 is 2.22 bits per heavy atom. The van der Waals surface area contributed by atoms with E-state index in [1.165, 1.54) is 16.7 Å². The Kier molecular flexibility index (Phi) is 3.74. The quantitative estimate of drug-likeness (QED) is 0.874.